The van der Waals surface area contributed by atoms with Crippen molar-refractivity contribution < 1.29 is 13.2 Å². The highest BCUT2D eigenvalue weighted by Crippen LogP contribution is 2.29. The van der Waals surface area contributed by atoms with Gasteiger partial charge in [-0.15, -0.1) is 0 Å². The van der Waals surface area contributed by atoms with Crippen LogP contribution in [-0.2, 0) is 21.2 Å². The normalized spacial score (nSPS) is 15.4. The van der Waals surface area contributed by atoms with Gasteiger partial charge in [0.2, 0.25) is 15.9 Å². The zero-order valence-electron chi connectivity index (χ0n) is 16.8. The molecule has 2 aromatic carbocycles. The highest BCUT2D eigenvalue weighted by atomic mass is 32.2. The quantitative estimate of drug-likeness (QED) is 0.756. The number of hydrogen-bond donors (Lipinski definition) is 2. The Morgan fingerprint density at radius 3 is 2.18 bits per heavy atom. The molecule has 0 aliphatic carbocycles. The second-order valence-corrected chi connectivity index (χ2v) is 9.75. The zero-order chi connectivity index (χ0) is 20.5. The maximum Gasteiger partial charge on any atom is 0.241 e. The average Bonchev–Trinajstić information content (AvgIpc) is 2.65. The molecule has 1 heterocycles. The van der Waals surface area contributed by atoms with E-state index in [4.69, 9.17) is 0 Å². The predicted molar refractivity (Wildman–Crippen MR) is 112 cm³/mol. The van der Waals surface area contributed by atoms with Gasteiger partial charge in [-0.25, -0.2) is 13.1 Å². The van der Waals surface area contributed by atoms with Gasteiger partial charge in [-0.1, -0.05) is 52.0 Å². The molecule has 1 amide bonds. The molecule has 0 bridgehead atoms. The smallest absolute Gasteiger partial charge is 0.241 e. The first-order chi connectivity index (χ1) is 13.2. The van der Waals surface area contributed by atoms with Crippen LogP contribution in [0.4, 0.5) is 5.69 Å². The van der Waals surface area contributed by atoms with Crippen molar-refractivity contribution in [2.45, 2.75) is 57.4 Å². The van der Waals surface area contributed by atoms with Crippen LogP contribution < -0.4 is 10.0 Å². The summed E-state index contributed by atoms with van der Waals surface area (Å²) in [5, 5.41) is 2.78. The molecule has 0 unspecified atom stereocenters. The first-order valence-corrected chi connectivity index (χ1v) is 11.2. The number of fused-ring (bicyclic) bond motifs is 1. The van der Waals surface area contributed by atoms with Crippen LogP contribution in [-0.4, -0.2) is 14.3 Å². The topological polar surface area (TPSA) is 75.3 Å². The molecule has 1 atom stereocenters. The summed E-state index contributed by atoms with van der Waals surface area (Å²) in [6.07, 6.45) is 0.926. The molecule has 2 N–H and O–H groups in total. The summed E-state index contributed by atoms with van der Waals surface area (Å²) in [5.74, 6) is 0.488. The number of sulfonamides is 1. The van der Waals surface area contributed by atoms with Crippen molar-refractivity contribution in [3.05, 3.63) is 59.2 Å². The summed E-state index contributed by atoms with van der Waals surface area (Å²) in [5.41, 5.74) is 3.73. The van der Waals surface area contributed by atoms with Gasteiger partial charge in [-0.2, -0.15) is 0 Å². The molecule has 1 aliphatic heterocycles. The van der Waals surface area contributed by atoms with Crippen LogP contribution in [0.3, 0.4) is 0 Å². The van der Waals surface area contributed by atoms with Gasteiger partial charge in [-0.3, -0.25) is 4.79 Å². The molecule has 1 aliphatic rings. The number of rotatable bonds is 6. The minimum absolute atomic E-state index is 0.0362. The molecule has 2 aromatic rings. The number of carbonyl (C=O) groups is 1. The van der Waals surface area contributed by atoms with Crippen LogP contribution in [0.25, 0.3) is 0 Å². The summed E-state index contributed by atoms with van der Waals surface area (Å²) in [6.45, 7) is 8.28. The molecule has 0 saturated heterocycles. The first kappa shape index (κ1) is 20.6. The van der Waals surface area contributed by atoms with E-state index in [2.05, 4.69) is 36.0 Å². The van der Waals surface area contributed by atoms with Gasteiger partial charge in [0.1, 0.15) is 0 Å². The Bertz CT molecular complexity index is 964. The van der Waals surface area contributed by atoms with Crippen molar-refractivity contribution in [1.82, 2.24) is 4.72 Å². The largest absolute Gasteiger partial charge is 0.326 e. The molecule has 28 heavy (non-hydrogen) atoms. The number of aryl methyl sites for hydroxylation is 1. The number of hydrogen-bond acceptors (Lipinski definition) is 3. The Balaban J connectivity index is 1.87. The van der Waals surface area contributed by atoms with Crippen molar-refractivity contribution >= 4 is 21.6 Å². The molecular formula is C22H28N2O3S. The minimum Gasteiger partial charge on any atom is -0.326 e. The van der Waals surface area contributed by atoms with Crippen LogP contribution in [0.15, 0.2) is 47.4 Å². The van der Waals surface area contributed by atoms with Crippen molar-refractivity contribution in [2.24, 2.45) is 5.92 Å². The Hall–Kier alpha value is -2.18. The van der Waals surface area contributed by atoms with Crippen LogP contribution >= 0.6 is 0 Å². The highest BCUT2D eigenvalue weighted by molar-refractivity contribution is 7.89. The molecule has 6 heteroatoms. The van der Waals surface area contributed by atoms with Crippen molar-refractivity contribution in [3.8, 4) is 0 Å². The van der Waals surface area contributed by atoms with Crippen molar-refractivity contribution in [3.63, 3.8) is 0 Å². The summed E-state index contributed by atoms with van der Waals surface area (Å²) in [6, 6.07) is 12.7. The van der Waals surface area contributed by atoms with Crippen LogP contribution in [0.2, 0.25) is 0 Å². The lowest BCUT2D eigenvalue weighted by Crippen LogP contribution is -2.32. The van der Waals surface area contributed by atoms with E-state index in [1.54, 1.807) is 18.2 Å². The Morgan fingerprint density at radius 1 is 0.929 bits per heavy atom. The maximum absolute atomic E-state index is 13.0. The van der Waals surface area contributed by atoms with Gasteiger partial charge < -0.3 is 5.32 Å². The number of anilines is 1. The lowest BCUT2D eigenvalue weighted by molar-refractivity contribution is -0.116. The molecule has 0 fully saturated rings. The van der Waals surface area contributed by atoms with Gasteiger partial charge in [0.05, 0.1) is 4.90 Å². The zero-order valence-corrected chi connectivity index (χ0v) is 17.6. The molecule has 0 radical (unpaired) electrons. The number of nitrogens with one attached hydrogen (secondary N) is 2. The Labute approximate surface area is 167 Å². The van der Waals surface area contributed by atoms with E-state index in [0.29, 0.717) is 24.4 Å². The lowest BCUT2D eigenvalue weighted by atomic mass is 9.94. The SMILES string of the molecule is CC(C)c1ccc([C@H](NS(=O)(=O)c2ccc3c(c2)CCC(=O)N3)C(C)C)cc1. The van der Waals surface area contributed by atoms with Crippen LogP contribution in [0.5, 0.6) is 0 Å². The van der Waals surface area contributed by atoms with E-state index in [1.807, 2.05) is 26.0 Å². The van der Waals surface area contributed by atoms with E-state index in [9.17, 15) is 13.2 Å². The number of amides is 1. The molecule has 0 spiro atoms. The summed E-state index contributed by atoms with van der Waals surface area (Å²) < 4.78 is 29.0. The fourth-order valence-corrected chi connectivity index (χ4v) is 4.86. The van der Waals surface area contributed by atoms with Crippen LogP contribution in [0, 0.1) is 5.92 Å². The third kappa shape index (κ3) is 4.45. The lowest BCUT2D eigenvalue weighted by Gasteiger charge is -2.24. The number of carbonyl (C=O) groups excluding carboxylic acids is 1. The molecule has 3 rings (SSSR count). The van der Waals surface area contributed by atoms with E-state index in [-0.39, 0.29) is 22.8 Å². The monoisotopic (exact) mass is 400 g/mol. The Kier molecular flexibility index (Phi) is 5.91. The van der Waals surface area contributed by atoms with Gasteiger partial charge in [0, 0.05) is 18.2 Å². The fourth-order valence-electron chi connectivity index (χ4n) is 3.44. The van der Waals surface area contributed by atoms with Gasteiger partial charge in [-0.05, 0) is 53.1 Å². The van der Waals surface area contributed by atoms with E-state index in [0.717, 1.165) is 11.1 Å². The Morgan fingerprint density at radius 2 is 1.57 bits per heavy atom. The molecule has 0 aromatic heterocycles. The third-order valence-corrected chi connectivity index (χ3v) is 6.63. The minimum atomic E-state index is -3.69. The molecule has 0 saturated carbocycles. The van der Waals surface area contributed by atoms with E-state index in [1.165, 1.54) is 5.56 Å². The van der Waals surface area contributed by atoms with Gasteiger partial charge in [0.15, 0.2) is 0 Å². The molecule has 5 nitrogen and oxygen atoms in total. The van der Waals surface area contributed by atoms with Crippen molar-refractivity contribution in [1.29, 1.82) is 0 Å². The van der Waals surface area contributed by atoms with Crippen molar-refractivity contribution in [2.75, 3.05) is 5.32 Å². The summed E-state index contributed by atoms with van der Waals surface area (Å²) in [4.78, 5) is 11.7. The summed E-state index contributed by atoms with van der Waals surface area (Å²) >= 11 is 0. The van der Waals surface area contributed by atoms with E-state index >= 15 is 0 Å². The highest BCUT2D eigenvalue weighted by Gasteiger charge is 2.25. The summed E-state index contributed by atoms with van der Waals surface area (Å²) in [7, 11) is -3.69. The maximum atomic E-state index is 13.0. The third-order valence-electron chi connectivity index (χ3n) is 5.19. The van der Waals surface area contributed by atoms with Crippen LogP contribution in [0.1, 0.15) is 62.8 Å². The fraction of sp³-hybridized carbons (Fsp3) is 0.409. The predicted octanol–water partition coefficient (Wildman–Crippen LogP) is 4.37. The number of benzene rings is 2. The second-order valence-electron chi connectivity index (χ2n) is 8.03. The standard InChI is InChI=1S/C22H28N2O3S/c1-14(2)16-5-7-17(8-6-16)22(15(3)4)24-28(26,27)19-10-11-20-18(13-19)9-12-21(25)23-20/h5-8,10-11,13-15,22,24H,9,12H2,1-4H3,(H,23,25)/t22-/m1/s1. The van der Waals surface area contributed by atoms with Gasteiger partial charge in [0.25, 0.3) is 0 Å². The molecular weight excluding hydrogens is 372 g/mol. The van der Waals surface area contributed by atoms with Gasteiger partial charge >= 0.3 is 0 Å². The average molecular weight is 401 g/mol. The second kappa shape index (κ2) is 8.05. The van der Waals surface area contributed by atoms with E-state index < -0.39 is 10.0 Å². The first-order valence-electron chi connectivity index (χ1n) is 9.72. The molecule has 150 valence electrons.